The SMILES string of the molecule is CC1=CC(C)CC(C(O)c2c(C)ccnc2N)C1. The van der Waals surface area contributed by atoms with E-state index in [-0.39, 0.29) is 5.92 Å². The zero-order valence-corrected chi connectivity index (χ0v) is 11.4. The van der Waals surface area contributed by atoms with Crippen molar-refractivity contribution in [3.63, 3.8) is 0 Å². The molecule has 0 saturated carbocycles. The van der Waals surface area contributed by atoms with E-state index < -0.39 is 6.10 Å². The monoisotopic (exact) mass is 246 g/mol. The van der Waals surface area contributed by atoms with Gasteiger partial charge < -0.3 is 10.8 Å². The number of aliphatic hydroxyl groups excluding tert-OH is 1. The fourth-order valence-corrected chi connectivity index (χ4v) is 3.05. The Morgan fingerprint density at radius 1 is 1.44 bits per heavy atom. The van der Waals surface area contributed by atoms with Crippen LogP contribution in [0, 0.1) is 18.8 Å². The summed E-state index contributed by atoms with van der Waals surface area (Å²) in [5, 5.41) is 10.6. The van der Waals surface area contributed by atoms with E-state index in [2.05, 4.69) is 24.9 Å². The molecule has 1 aliphatic rings. The molecule has 0 spiro atoms. The number of anilines is 1. The van der Waals surface area contributed by atoms with Crippen molar-refractivity contribution in [1.82, 2.24) is 4.98 Å². The predicted octanol–water partition coefficient (Wildman–Crippen LogP) is 3.00. The Morgan fingerprint density at radius 2 is 2.17 bits per heavy atom. The van der Waals surface area contributed by atoms with Gasteiger partial charge >= 0.3 is 0 Å². The van der Waals surface area contributed by atoms with Gasteiger partial charge in [0.1, 0.15) is 5.82 Å². The van der Waals surface area contributed by atoms with E-state index in [9.17, 15) is 5.11 Å². The molecule has 0 aliphatic heterocycles. The van der Waals surface area contributed by atoms with Gasteiger partial charge in [0.25, 0.3) is 0 Å². The van der Waals surface area contributed by atoms with Crippen molar-refractivity contribution in [2.75, 3.05) is 5.73 Å². The summed E-state index contributed by atoms with van der Waals surface area (Å²) in [6.45, 7) is 6.31. The van der Waals surface area contributed by atoms with Crippen LogP contribution in [0.25, 0.3) is 0 Å². The van der Waals surface area contributed by atoms with E-state index >= 15 is 0 Å². The normalized spacial score (nSPS) is 25.7. The first-order valence-corrected chi connectivity index (χ1v) is 6.55. The van der Waals surface area contributed by atoms with Crippen molar-refractivity contribution < 1.29 is 5.11 Å². The minimum absolute atomic E-state index is 0.246. The lowest BCUT2D eigenvalue weighted by Crippen LogP contribution is -2.21. The maximum absolute atomic E-state index is 10.6. The summed E-state index contributed by atoms with van der Waals surface area (Å²) in [6, 6.07) is 1.91. The molecule has 1 aliphatic carbocycles. The van der Waals surface area contributed by atoms with Gasteiger partial charge in [0.05, 0.1) is 6.10 Å². The lowest BCUT2D eigenvalue weighted by atomic mass is 9.78. The Kier molecular flexibility index (Phi) is 3.71. The van der Waals surface area contributed by atoms with Crippen LogP contribution in [0.1, 0.15) is 43.9 Å². The van der Waals surface area contributed by atoms with E-state index in [4.69, 9.17) is 5.73 Å². The fraction of sp³-hybridized carbons (Fsp3) is 0.533. The molecule has 98 valence electrons. The summed E-state index contributed by atoms with van der Waals surface area (Å²) in [7, 11) is 0. The maximum Gasteiger partial charge on any atom is 0.129 e. The molecule has 1 aromatic heterocycles. The highest BCUT2D eigenvalue weighted by atomic mass is 16.3. The molecule has 3 heteroatoms. The van der Waals surface area contributed by atoms with Crippen LogP contribution in [0.2, 0.25) is 0 Å². The summed E-state index contributed by atoms with van der Waals surface area (Å²) in [5.74, 6) is 1.23. The second-order valence-corrected chi connectivity index (χ2v) is 5.56. The number of aryl methyl sites for hydroxylation is 1. The van der Waals surface area contributed by atoms with E-state index in [0.717, 1.165) is 24.0 Å². The molecule has 1 aromatic rings. The summed E-state index contributed by atoms with van der Waals surface area (Å²) in [5.41, 5.74) is 9.10. The van der Waals surface area contributed by atoms with Crippen LogP contribution in [0.3, 0.4) is 0 Å². The number of pyridine rings is 1. The highest BCUT2D eigenvalue weighted by Crippen LogP contribution is 2.38. The first-order valence-electron chi connectivity index (χ1n) is 6.55. The zero-order chi connectivity index (χ0) is 13.3. The standard InChI is InChI=1S/C15H22N2O/c1-9-6-10(2)8-12(7-9)14(18)13-11(3)4-5-17-15(13)16/h4-6,9,12,14,18H,7-8H2,1-3H3,(H2,16,17). The Balaban J connectivity index is 2.27. The van der Waals surface area contributed by atoms with E-state index in [1.54, 1.807) is 6.20 Å². The maximum atomic E-state index is 10.6. The molecule has 3 N–H and O–H groups in total. The van der Waals surface area contributed by atoms with Crippen molar-refractivity contribution in [3.8, 4) is 0 Å². The third kappa shape index (κ3) is 2.56. The molecule has 0 amide bonds. The number of hydrogen-bond acceptors (Lipinski definition) is 3. The Labute approximate surface area is 109 Å². The first-order chi connectivity index (χ1) is 8.49. The Morgan fingerprint density at radius 3 is 2.78 bits per heavy atom. The van der Waals surface area contributed by atoms with E-state index in [0.29, 0.717) is 11.7 Å². The van der Waals surface area contributed by atoms with E-state index in [1.807, 2.05) is 13.0 Å². The Hall–Kier alpha value is -1.35. The molecule has 0 aromatic carbocycles. The predicted molar refractivity (Wildman–Crippen MR) is 74.0 cm³/mol. The molecule has 0 bridgehead atoms. The number of nitrogens with two attached hydrogens (primary N) is 1. The average Bonchev–Trinajstić information content (AvgIpc) is 2.27. The highest BCUT2D eigenvalue weighted by Gasteiger charge is 2.28. The molecule has 0 fully saturated rings. The van der Waals surface area contributed by atoms with Gasteiger partial charge in [-0.1, -0.05) is 18.6 Å². The van der Waals surface area contributed by atoms with Crippen molar-refractivity contribution in [2.24, 2.45) is 11.8 Å². The van der Waals surface area contributed by atoms with E-state index in [1.165, 1.54) is 5.57 Å². The average molecular weight is 246 g/mol. The summed E-state index contributed by atoms with van der Waals surface area (Å²) in [6.07, 6.45) is 5.42. The molecular weight excluding hydrogens is 224 g/mol. The van der Waals surface area contributed by atoms with Crippen LogP contribution in [-0.4, -0.2) is 10.1 Å². The van der Waals surface area contributed by atoms with Gasteiger partial charge in [-0.05, 0) is 50.2 Å². The second-order valence-electron chi connectivity index (χ2n) is 5.56. The number of aromatic nitrogens is 1. The second kappa shape index (κ2) is 5.11. The van der Waals surface area contributed by atoms with Gasteiger partial charge in [0, 0.05) is 11.8 Å². The number of aliphatic hydroxyl groups is 1. The van der Waals surface area contributed by atoms with Crippen LogP contribution in [-0.2, 0) is 0 Å². The van der Waals surface area contributed by atoms with Gasteiger partial charge in [-0.2, -0.15) is 0 Å². The Bertz CT molecular complexity index is 447. The lowest BCUT2D eigenvalue weighted by molar-refractivity contribution is 0.0931. The molecule has 0 radical (unpaired) electrons. The number of nitrogens with zero attached hydrogens (tertiary/aromatic N) is 1. The smallest absolute Gasteiger partial charge is 0.129 e. The molecule has 0 saturated heterocycles. The van der Waals surface area contributed by atoms with Crippen molar-refractivity contribution in [1.29, 1.82) is 0 Å². The van der Waals surface area contributed by atoms with Gasteiger partial charge in [0.2, 0.25) is 0 Å². The van der Waals surface area contributed by atoms with Crippen molar-refractivity contribution in [3.05, 3.63) is 35.0 Å². The number of hydrogen-bond donors (Lipinski definition) is 2. The number of rotatable bonds is 2. The minimum atomic E-state index is -0.509. The first kappa shape index (κ1) is 13.1. The molecule has 3 unspecified atom stereocenters. The fourth-order valence-electron chi connectivity index (χ4n) is 3.05. The van der Waals surface area contributed by atoms with Crippen molar-refractivity contribution in [2.45, 2.75) is 39.7 Å². The number of allylic oxidation sites excluding steroid dienone is 2. The largest absolute Gasteiger partial charge is 0.388 e. The van der Waals surface area contributed by atoms with Crippen LogP contribution < -0.4 is 5.73 Å². The molecule has 3 atom stereocenters. The third-order valence-corrected chi connectivity index (χ3v) is 3.81. The van der Waals surface area contributed by atoms with Crippen LogP contribution in [0.15, 0.2) is 23.9 Å². The molecule has 3 nitrogen and oxygen atoms in total. The van der Waals surface area contributed by atoms with Crippen molar-refractivity contribution >= 4 is 5.82 Å². The van der Waals surface area contributed by atoms with Gasteiger partial charge in [-0.15, -0.1) is 0 Å². The highest BCUT2D eigenvalue weighted by molar-refractivity contribution is 5.45. The minimum Gasteiger partial charge on any atom is -0.388 e. The van der Waals surface area contributed by atoms with Crippen LogP contribution in [0.4, 0.5) is 5.82 Å². The number of nitrogen functional groups attached to an aromatic ring is 1. The molecule has 18 heavy (non-hydrogen) atoms. The summed E-state index contributed by atoms with van der Waals surface area (Å²) >= 11 is 0. The summed E-state index contributed by atoms with van der Waals surface area (Å²) < 4.78 is 0. The van der Waals surface area contributed by atoms with Crippen LogP contribution in [0.5, 0.6) is 0 Å². The lowest BCUT2D eigenvalue weighted by Gasteiger charge is -2.30. The quantitative estimate of drug-likeness (QED) is 0.789. The topological polar surface area (TPSA) is 59.1 Å². The summed E-state index contributed by atoms with van der Waals surface area (Å²) in [4.78, 5) is 4.10. The van der Waals surface area contributed by atoms with Gasteiger partial charge in [0.15, 0.2) is 0 Å². The molecular formula is C15H22N2O. The van der Waals surface area contributed by atoms with Gasteiger partial charge in [-0.3, -0.25) is 0 Å². The molecule has 2 rings (SSSR count). The molecule has 1 heterocycles. The zero-order valence-electron chi connectivity index (χ0n) is 11.4. The van der Waals surface area contributed by atoms with Gasteiger partial charge in [-0.25, -0.2) is 4.98 Å². The van der Waals surface area contributed by atoms with Crippen LogP contribution >= 0.6 is 0 Å². The third-order valence-electron chi connectivity index (χ3n) is 3.81.